The SMILES string of the molecule is CCCc1cccc(-c2ccc(Cl)cc2N)c1. The normalized spacial score (nSPS) is 10.5. The molecule has 2 heteroatoms. The summed E-state index contributed by atoms with van der Waals surface area (Å²) >= 11 is 5.91. The third-order valence-corrected chi connectivity index (χ3v) is 3.03. The first-order valence-electron chi connectivity index (χ1n) is 5.85. The molecule has 0 heterocycles. The lowest BCUT2D eigenvalue weighted by atomic mass is 10.00. The number of aryl methyl sites for hydroxylation is 1. The lowest BCUT2D eigenvalue weighted by Crippen LogP contribution is -1.91. The van der Waals surface area contributed by atoms with Gasteiger partial charge < -0.3 is 5.73 Å². The van der Waals surface area contributed by atoms with Crippen molar-refractivity contribution in [2.75, 3.05) is 5.73 Å². The Morgan fingerprint density at radius 3 is 2.65 bits per heavy atom. The van der Waals surface area contributed by atoms with E-state index in [1.807, 2.05) is 12.1 Å². The van der Waals surface area contributed by atoms with Gasteiger partial charge in [0.25, 0.3) is 0 Å². The predicted octanol–water partition coefficient (Wildman–Crippen LogP) is 4.54. The van der Waals surface area contributed by atoms with Crippen LogP contribution in [0.1, 0.15) is 18.9 Å². The van der Waals surface area contributed by atoms with Crippen LogP contribution in [0.25, 0.3) is 11.1 Å². The van der Waals surface area contributed by atoms with Gasteiger partial charge in [-0.1, -0.05) is 55.3 Å². The monoisotopic (exact) mass is 245 g/mol. The molecule has 2 aromatic rings. The third-order valence-electron chi connectivity index (χ3n) is 2.79. The van der Waals surface area contributed by atoms with E-state index in [1.54, 1.807) is 6.07 Å². The molecule has 0 saturated carbocycles. The maximum atomic E-state index is 5.99. The molecule has 0 unspecified atom stereocenters. The molecule has 0 aromatic heterocycles. The molecule has 0 spiro atoms. The topological polar surface area (TPSA) is 26.0 Å². The quantitative estimate of drug-likeness (QED) is 0.790. The Kier molecular flexibility index (Phi) is 3.70. The highest BCUT2D eigenvalue weighted by molar-refractivity contribution is 6.31. The summed E-state index contributed by atoms with van der Waals surface area (Å²) in [7, 11) is 0. The van der Waals surface area contributed by atoms with Crippen LogP contribution in [0.2, 0.25) is 5.02 Å². The molecule has 0 aliphatic heterocycles. The standard InChI is InChI=1S/C15H16ClN/c1-2-4-11-5-3-6-12(9-11)14-8-7-13(16)10-15(14)17/h3,5-10H,2,4,17H2,1H3. The lowest BCUT2D eigenvalue weighted by molar-refractivity contribution is 0.922. The highest BCUT2D eigenvalue weighted by Crippen LogP contribution is 2.29. The van der Waals surface area contributed by atoms with Gasteiger partial charge in [0.15, 0.2) is 0 Å². The van der Waals surface area contributed by atoms with E-state index in [-0.39, 0.29) is 0 Å². The molecule has 0 atom stereocenters. The summed E-state index contributed by atoms with van der Waals surface area (Å²) in [5.74, 6) is 0. The number of hydrogen-bond donors (Lipinski definition) is 1. The number of rotatable bonds is 3. The van der Waals surface area contributed by atoms with Crippen LogP contribution >= 0.6 is 11.6 Å². The molecule has 0 bridgehead atoms. The fraction of sp³-hybridized carbons (Fsp3) is 0.200. The van der Waals surface area contributed by atoms with Crippen molar-refractivity contribution >= 4 is 17.3 Å². The van der Waals surface area contributed by atoms with E-state index < -0.39 is 0 Å². The van der Waals surface area contributed by atoms with Gasteiger partial charge in [0.2, 0.25) is 0 Å². The van der Waals surface area contributed by atoms with Gasteiger partial charge in [0.05, 0.1) is 0 Å². The molecule has 88 valence electrons. The van der Waals surface area contributed by atoms with E-state index in [0.717, 1.165) is 29.7 Å². The lowest BCUT2D eigenvalue weighted by Gasteiger charge is -2.08. The van der Waals surface area contributed by atoms with Crippen molar-refractivity contribution in [1.29, 1.82) is 0 Å². The van der Waals surface area contributed by atoms with Crippen LogP contribution in [0.4, 0.5) is 5.69 Å². The van der Waals surface area contributed by atoms with Crippen molar-refractivity contribution in [2.24, 2.45) is 0 Å². The summed E-state index contributed by atoms with van der Waals surface area (Å²) in [6.45, 7) is 2.18. The van der Waals surface area contributed by atoms with Crippen molar-refractivity contribution < 1.29 is 0 Å². The molecule has 0 fully saturated rings. The first-order chi connectivity index (χ1) is 8.20. The Morgan fingerprint density at radius 2 is 1.94 bits per heavy atom. The van der Waals surface area contributed by atoms with Crippen LogP contribution in [-0.4, -0.2) is 0 Å². The Balaban J connectivity index is 2.42. The summed E-state index contributed by atoms with van der Waals surface area (Å²) in [6.07, 6.45) is 2.25. The maximum Gasteiger partial charge on any atom is 0.0426 e. The van der Waals surface area contributed by atoms with Crippen LogP contribution < -0.4 is 5.73 Å². The second-order valence-electron chi connectivity index (χ2n) is 4.18. The van der Waals surface area contributed by atoms with Crippen molar-refractivity contribution in [2.45, 2.75) is 19.8 Å². The molecule has 0 aliphatic rings. The van der Waals surface area contributed by atoms with Crippen LogP contribution in [0.15, 0.2) is 42.5 Å². The fourth-order valence-electron chi connectivity index (χ4n) is 1.98. The summed E-state index contributed by atoms with van der Waals surface area (Å²) in [5, 5.41) is 0.677. The van der Waals surface area contributed by atoms with Crippen molar-refractivity contribution in [1.82, 2.24) is 0 Å². The predicted molar refractivity (Wildman–Crippen MR) is 75.3 cm³/mol. The van der Waals surface area contributed by atoms with Gasteiger partial charge in [-0.25, -0.2) is 0 Å². The van der Waals surface area contributed by atoms with E-state index in [1.165, 1.54) is 5.56 Å². The molecular weight excluding hydrogens is 230 g/mol. The zero-order valence-electron chi connectivity index (χ0n) is 9.91. The highest BCUT2D eigenvalue weighted by atomic mass is 35.5. The van der Waals surface area contributed by atoms with Gasteiger partial charge in [-0.3, -0.25) is 0 Å². The zero-order valence-corrected chi connectivity index (χ0v) is 10.7. The van der Waals surface area contributed by atoms with Crippen LogP contribution in [0.3, 0.4) is 0 Å². The van der Waals surface area contributed by atoms with Crippen LogP contribution in [-0.2, 0) is 6.42 Å². The van der Waals surface area contributed by atoms with Gasteiger partial charge >= 0.3 is 0 Å². The molecule has 0 saturated heterocycles. The minimum Gasteiger partial charge on any atom is -0.398 e. The molecule has 17 heavy (non-hydrogen) atoms. The molecule has 2 N–H and O–H groups in total. The number of hydrogen-bond acceptors (Lipinski definition) is 1. The minimum atomic E-state index is 0.677. The van der Waals surface area contributed by atoms with Gasteiger partial charge in [0, 0.05) is 16.3 Å². The number of benzene rings is 2. The van der Waals surface area contributed by atoms with Crippen molar-refractivity contribution in [3.8, 4) is 11.1 Å². The molecule has 0 radical (unpaired) electrons. The van der Waals surface area contributed by atoms with Gasteiger partial charge in [-0.2, -0.15) is 0 Å². The van der Waals surface area contributed by atoms with E-state index >= 15 is 0 Å². The summed E-state index contributed by atoms with van der Waals surface area (Å²) in [6, 6.07) is 14.2. The average Bonchev–Trinajstić information content (AvgIpc) is 2.29. The van der Waals surface area contributed by atoms with E-state index in [4.69, 9.17) is 17.3 Å². The van der Waals surface area contributed by atoms with E-state index in [9.17, 15) is 0 Å². The zero-order chi connectivity index (χ0) is 12.3. The van der Waals surface area contributed by atoms with Crippen molar-refractivity contribution in [3.05, 3.63) is 53.1 Å². The Labute approximate surface area is 107 Å². The molecule has 2 rings (SSSR count). The van der Waals surface area contributed by atoms with Gasteiger partial charge in [-0.05, 0) is 29.7 Å². The average molecular weight is 246 g/mol. The number of anilines is 1. The second-order valence-corrected chi connectivity index (χ2v) is 4.62. The maximum absolute atomic E-state index is 5.99. The highest BCUT2D eigenvalue weighted by Gasteiger charge is 2.03. The largest absolute Gasteiger partial charge is 0.398 e. The molecule has 0 aliphatic carbocycles. The minimum absolute atomic E-state index is 0.677. The third kappa shape index (κ3) is 2.80. The van der Waals surface area contributed by atoms with E-state index in [0.29, 0.717) is 5.02 Å². The Hall–Kier alpha value is -1.47. The molecule has 0 amide bonds. The van der Waals surface area contributed by atoms with Gasteiger partial charge in [0.1, 0.15) is 0 Å². The summed E-state index contributed by atoms with van der Waals surface area (Å²) in [5.41, 5.74) is 10.3. The van der Waals surface area contributed by atoms with Crippen LogP contribution in [0.5, 0.6) is 0 Å². The molecular formula is C15H16ClN. The Morgan fingerprint density at radius 1 is 1.12 bits per heavy atom. The number of nitrogen functional groups attached to an aromatic ring is 1. The Bertz CT molecular complexity index is 520. The smallest absolute Gasteiger partial charge is 0.0426 e. The summed E-state index contributed by atoms with van der Waals surface area (Å²) < 4.78 is 0. The van der Waals surface area contributed by atoms with Gasteiger partial charge in [-0.15, -0.1) is 0 Å². The summed E-state index contributed by atoms with van der Waals surface area (Å²) in [4.78, 5) is 0. The van der Waals surface area contributed by atoms with E-state index in [2.05, 4.69) is 31.2 Å². The fourth-order valence-corrected chi connectivity index (χ4v) is 2.16. The van der Waals surface area contributed by atoms with Crippen molar-refractivity contribution in [3.63, 3.8) is 0 Å². The molecule has 1 nitrogen and oxygen atoms in total. The number of halogens is 1. The molecule has 2 aromatic carbocycles. The van der Waals surface area contributed by atoms with Crippen LogP contribution in [0, 0.1) is 0 Å². The second kappa shape index (κ2) is 5.24. The number of nitrogens with two attached hydrogens (primary N) is 1. The first-order valence-corrected chi connectivity index (χ1v) is 6.23. The first kappa shape index (κ1) is 12.0.